The molecule has 10 heteroatoms. The zero-order valence-electron chi connectivity index (χ0n) is 26.9. The molecule has 1 saturated carbocycles. The molecule has 1 saturated heterocycles. The highest BCUT2D eigenvalue weighted by Crippen LogP contribution is 2.59. The van der Waals surface area contributed by atoms with E-state index < -0.39 is 64.9 Å². The lowest BCUT2D eigenvalue weighted by atomic mass is 9.54. The highest BCUT2D eigenvalue weighted by molar-refractivity contribution is 5.90. The zero-order chi connectivity index (χ0) is 33.1. The van der Waals surface area contributed by atoms with E-state index in [0.29, 0.717) is 24.0 Å². The molecule has 2 aromatic rings. The van der Waals surface area contributed by atoms with Gasteiger partial charge in [-0.1, -0.05) is 63.2 Å². The van der Waals surface area contributed by atoms with Crippen LogP contribution in [0, 0.1) is 16.7 Å². The minimum absolute atomic E-state index is 0.0108. The SMILES string of the molecule is COCO[C@H]1CC[C@H](OC(=O)c2ccccc2)[C@@](C)(CC=O)[C@@H]1[C@@H]1OC(=O)O[C@]12C[C@H](OC(=O)c1ccccc1)C(C)=CC2(C)C. The van der Waals surface area contributed by atoms with Gasteiger partial charge in [0.1, 0.15) is 25.3 Å². The molecule has 0 aromatic heterocycles. The highest BCUT2D eigenvalue weighted by atomic mass is 16.8. The summed E-state index contributed by atoms with van der Waals surface area (Å²) in [6.45, 7) is 7.59. The van der Waals surface area contributed by atoms with Crippen molar-refractivity contribution < 1.29 is 47.6 Å². The lowest BCUT2D eigenvalue weighted by Gasteiger charge is -2.55. The van der Waals surface area contributed by atoms with Gasteiger partial charge >= 0.3 is 18.1 Å². The van der Waals surface area contributed by atoms with Crippen molar-refractivity contribution >= 4 is 24.4 Å². The van der Waals surface area contributed by atoms with Crippen molar-refractivity contribution in [2.75, 3.05) is 13.9 Å². The van der Waals surface area contributed by atoms with Crippen LogP contribution < -0.4 is 0 Å². The predicted molar refractivity (Wildman–Crippen MR) is 166 cm³/mol. The zero-order valence-corrected chi connectivity index (χ0v) is 26.9. The molecule has 7 atom stereocenters. The van der Waals surface area contributed by atoms with Crippen molar-refractivity contribution in [2.45, 2.75) is 83.4 Å². The van der Waals surface area contributed by atoms with E-state index in [1.54, 1.807) is 48.5 Å². The molecule has 46 heavy (non-hydrogen) atoms. The number of cyclic esters (lactones) is 1. The number of ether oxygens (including phenoxy) is 6. The molecular formula is C36H42O10. The van der Waals surface area contributed by atoms with Gasteiger partial charge in [-0.05, 0) is 49.6 Å². The van der Waals surface area contributed by atoms with Crippen LogP contribution in [0.4, 0.5) is 4.79 Å². The van der Waals surface area contributed by atoms with Gasteiger partial charge in [-0.25, -0.2) is 14.4 Å². The van der Waals surface area contributed by atoms with Crippen LogP contribution in [0.2, 0.25) is 0 Å². The summed E-state index contributed by atoms with van der Waals surface area (Å²) in [5.74, 6) is -1.71. The normalized spacial score (nSPS) is 31.7. The lowest BCUT2D eigenvalue weighted by molar-refractivity contribution is -0.208. The quantitative estimate of drug-likeness (QED) is 0.0998. The number of hydrogen-bond donors (Lipinski definition) is 0. The van der Waals surface area contributed by atoms with Crippen LogP contribution in [0.3, 0.4) is 0 Å². The second-order valence-corrected chi connectivity index (χ2v) is 13.2. The molecule has 2 fully saturated rings. The number of methoxy groups -OCH3 is 1. The van der Waals surface area contributed by atoms with E-state index in [2.05, 4.69) is 0 Å². The average Bonchev–Trinajstić information content (AvgIpc) is 3.37. The number of rotatable bonds is 10. The van der Waals surface area contributed by atoms with Gasteiger partial charge in [0.25, 0.3) is 0 Å². The first-order chi connectivity index (χ1) is 22.0. The van der Waals surface area contributed by atoms with Crippen molar-refractivity contribution in [3.05, 3.63) is 83.4 Å². The third-order valence-electron chi connectivity index (χ3n) is 10.0. The standard InChI is InChI=1S/C36H42O10/c1-23-20-34(2,3)36(21-27(23)43-31(38)24-12-8-6-9-13-24)30(45-33(40)46-36)29-26(42-22-41-5)16-17-28(35(29,4)18-19-37)44-32(39)25-14-10-7-11-15-25/h6-15,19-20,26-30H,16-18,21-22H2,1-5H3/t26-,27-,28-,29-,30-,35+,36+/m0/s1. The van der Waals surface area contributed by atoms with Gasteiger partial charge in [-0.3, -0.25) is 0 Å². The third-order valence-corrected chi connectivity index (χ3v) is 10.0. The van der Waals surface area contributed by atoms with Crippen LogP contribution in [-0.4, -0.2) is 68.3 Å². The fraction of sp³-hybridized carbons (Fsp3) is 0.500. The van der Waals surface area contributed by atoms with E-state index in [-0.39, 0.29) is 19.6 Å². The number of esters is 2. The maximum absolute atomic E-state index is 13.3. The Morgan fingerprint density at radius 2 is 1.54 bits per heavy atom. The number of hydrogen-bond acceptors (Lipinski definition) is 10. The Morgan fingerprint density at radius 1 is 0.935 bits per heavy atom. The molecule has 0 unspecified atom stereocenters. The second-order valence-electron chi connectivity index (χ2n) is 13.2. The summed E-state index contributed by atoms with van der Waals surface area (Å²) in [6, 6.07) is 17.3. The van der Waals surface area contributed by atoms with Crippen molar-refractivity contribution in [3.8, 4) is 0 Å². The van der Waals surface area contributed by atoms with Crippen molar-refractivity contribution in [1.82, 2.24) is 0 Å². The topological polar surface area (TPSA) is 124 Å². The average molecular weight is 635 g/mol. The smallest absolute Gasteiger partial charge is 0.458 e. The molecule has 0 radical (unpaired) electrons. The summed E-state index contributed by atoms with van der Waals surface area (Å²) < 4.78 is 35.9. The van der Waals surface area contributed by atoms with Crippen molar-refractivity contribution in [1.29, 1.82) is 0 Å². The van der Waals surface area contributed by atoms with Crippen LogP contribution in [0.25, 0.3) is 0 Å². The van der Waals surface area contributed by atoms with Gasteiger partial charge in [-0.15, -0.1) is 0 Å². The molecule has 0 amide bonds. The van der Waals surface area contributed by atoms with Gasteiger partial charge < -0.3 is 33.2 Å². The summed E-state index contributed by atoms with van der Waals surface area (Å²) >= 11 is 0. The van der Waals surface area contributed by atoms with Crippen molar-refractivity contribution in [2.24, 2.45) is 16.7 Å². The number of carbonyl (C=O) groups excluding carboxylic acids is 4. The van der Waals surface area contributed by atoms with Crippen LogP contribution in [-0.2, 0) is 33.2 Å². The molecule has 1 heterocycles. The molecular weight excluding hydrogens is 592 g/mol. The first-order valence-corrected chi connectivity index (χ1v) is 15.6. The van der Waals surface area contributed by atoms with Crippen LogP contribution in [0.15, 0.2) is 72.3 Å². The van der Waals surface area contributed by atoms with Crippen LogP contribution in [0.1, 0.15) is 74.1 Å². The summed E-state index contributed by atoms with van der Waals surface area (Å²) in [5.41, 5.74) is -1.59. The van der Waals surface area contributed by atoms with E-state index in [9.17, 15) is 19.2 Å². The summed E-state index contributed by atoms with van der Waals surface area (Å²) in [6.07, 6.45) is -0.173. The van der Waals surface area contributed by atoms with E-state index in [4.69, 9.17) is 28.4 Å². The lowest BCUT2D eigenvalue weighted by Crippen LogP contribution is -2.65. The Kier molecular flexibility index (Phi) is 9.70. The third kappa shape index (κ3) is 6.20. The minimum atomic E-state index is -1.33. The first kappa shape index (κ1) is 33.3. The van der Waals surface area contributed by atoms with Gasteiger partial charge in [0.2, 0.25) is 0 Å². The molecule has 1 spiro atoms. The Hall–Kier alpha value is -4.02. The molecule has 0 N–H and O–H groups in total. The Balaban J connectivity index is 1.56. The number of carbonyl (C=O) groups is 4. The molecule has 2 aromatic carbocycles. The molecule has 1 aliphatic heterocycles. The summed E-state index contributed by atoms with van der Waals surface area (Å²) in [7, 11) is 1.51. The Labute approximate surface area is 269 Å². The van der Waals surface area contributed by atoms with Gasteiger partial charge in [-0.2, -0.15) is 0 Å². The molecule has 3 aliphatic rings. The summed E-state index contributed by atoms with van der Waals surface area (Å²) in [4.78, 5) is 52.1. The Morgan fingerprint density at radius 3 is 2.13 bits per heavy atom. The van der Waals surface area contributed by atoms with Crippen LogP contribution in [0.5, 0.6) is 0 Å². The van der Waals surface area contributed by atoms with E-state index in [1.807, 2.05) is 45.9 Å². The van der Waals surface area contributed by atoms with Crippen LogP contribution >= 0.6 is 0 Å². The molecule has 2 aliphatic carbocycles. The fourth-order valence-electron chi connectivity index (χ4n) is 7.60. The monoisotopic (exact) mass is 634 g/mol. The molecule has 246 valence electrons. The minimum Gasteiger partial charge on any atom is -0.458 e. The largest absolute Gasteiger partial charge is 0.509 e. The van der Waals surface area contributed by atoms with E-state index >= 15 is 0 Å². The van der Waals surface area contributed by atoms with Gasteiger partial charge in [0.15, 0.2) is 11.7 Å². The molecule has 5 rings (SSSR count). The number of benzene rings is 2. The molecule has 10 nitrogen and oxygen atoms in total. The predicted octanol–water partition coefficient (Wildman–Crippen LogP) is 6.08. The summed E-state index contributed by atoms with van der Waals surface area (Å²) in [5, 5.41) is 0. The number of aldehydes is 1. The highest BCUT2D eigenvalue weighted by Gasteiger charge is 2.69. The maximum Gasteiger partial charge on any atom is 0.509 e. The van der Waals surface area contributed by atoms with Crippen molar-refractivity contribution in [3.63, 3.8) is 0 Å². The van der Waals surface area contributed by atoms with Gasteiger partial charge in [0.05, 0.1) is 17.2 Å². The molecule has 0 bridgehead atoms. The second kappa shape index (κ2) is 13.4. The van der Waals surface area contributed by atoms with Gasteiger partial charge in [0, 0.05) is 36.7 Å². The van der Waals surface area contributed by atoms with E-state index in [1.165, 1.54) is 7.11 Å². The maximum atomic E-state index is 13.3. The van der Waals surface area contributed by atoms with E-state index in [0.717, 1.165) is 11.9 Å². The first-order valence-electron chi connectivity index (χ1n) is 15.6. The Bertz CT molecular complexity index is 1450. The fourth-order valence-corrected chi connectivity index (χ4v) is 7.60.